The molecule has 0 amide bonds. The number of hydrogen-bond donors (Lipinski definition) is 1. The van der Waals surface area contributed by atoms with Gasteiger partial charge >= 0.3 is 0 Å². The molecule has 4 heteroatoms. The lowest BCUT2D eigenvalue weighted by Gasteiger charge is -2.00. The Morgan fingerprint density at radius 1 is 1.38 bits per heavy atom. The van der Waals surface area contributed by atoms with E-state index in [0.717, 1.165) is 11.5 Å². The molecule has 0 saturated heterocycles. The molecule has 0 spiro atoms. The Balaban J connectivity index is 2.53. The van der Waals surface area contributed by atoms with E-state index < -0.39 is 0 Å². The van der Waals surface area contributed by atoms with Crippen molar-refractivity contribution in [3.63, 3.8) is 0 Å². The molecular weight excluding hydrogens is 164 g/mol. The largest absolute Gasteiger partial charge is 0.384 e. The van der Waals surface area contributed by atoms with E-state index >= 15 is 0 Å². The molecule has 0 bridgehead atoms. The van der Waals surface area contributed by atoms with E-state index in [1.54, 1.807) is 12.3 Å². The van der Waals surface area contributed by atoms with Crippen molar-refractivity contribution >= 4 is 5.82 Å². The number of pyridine rings is 1. The molecule has 0 atom stereocenters. The fourth-order valence-corrected chi connectivity index (χ4v) is 1.19. The monoisotopic (exact) mass is 174 g/mol. The lowest BCUT2D eigenvalue weighted by molar-refractivity contribution is 0.918. The van der Waals surface area contributed by atoms with E-state index in [1.807, 2.05) is 29.9 Å². The minimum atomic E-state index is 0.514. The van der Waals surface area contributed by atoms with Gasteiger partial charge in [-0.25, -0.2) is 9.97 Å². The zero-order chi connectivity index (χ0) is 9.26. The van der Waals surface area contributed by atoms with Gasteiger partial charge in [-0.15, -0.1) is 0 Å². The summed E-state index contributed by atoms with van der Waals surface area (Å²) in [5, 5.41) is 0. The molecule has 4 nitrogen and oxygen atoms in total. The maximum absolute atomic E-state index is 5.57. The highest BCUT2D eigenvalue weighted by molar-refractivity contribution is 5.52. The molecule has 0 fully saturated rings. The topological polar surface area (TPSA) is 56.7 Å². The van der Waals surface area contributed by atoms with Crippen molar-refractivity contribution in [2.45, 2.75) is 0 Å². The van der Waals surface area contributed by atoms with Crippen LogP contribution in [0.25, 0.3) is 11.5 Å². The molecule has 0 saturated carbocycles. The van der Waals surface area contributed by atoms with E-state index in [2.05, 4.69) is 9.97 Å². The first kappa shape index (κ1) is 7.79. The van der Waals surface area contributed by atoms with Crippen molar-refractivity contribution in [3.05, 3.63) is 30.6 Å². The molecule has 0 radical (unpaired) electrons. The van der Waals surface area contributed by atoms with Crippen LogP contribution in [0, 0.1) is 0 Å². The molecule has 0 aliphatic heterocycles. The number of hydrogen-bond acceptors (Lipinski definition) is 3. The van der Waals surface area contributed by atoms with E-state index in [-0.39, 0.29) is 0 Å². The molecule has 0 aromatic carbocycles. The quantitative estimate of drug-likeness (QED) is 0.703. The zero-order valence-corrected chi connectivity index (χ0v) is 7.31. The van der Waals surface area contributed by atoms with Crippen molar-refractivity contribution in [1.29, 1.82) is 0 Å². The highest BCUT2D eigenvalue weighted by Crippen LogP contribution is 2.14. The summed E-state index contributed by atoms with van der Waals surface area (Å²) in [6.45, 7) is 0. The zero-order valence-electron chi connectivity index (χ0n) is 7.31. The Morgan fingerprint density at radius 2 is 2.23 bits per heavy atom. The van der Waals surface area contributed by atoms with Crippen LogP contribution in [0.3, 0.4) is 0 Å². The maximum atomic E-state index is 5.57. The standard InChI is InChI=1S/C9H10N4/c1-13-6-5-11-9(13)7-3-2-4-8(10)12-7/h2-6H,1H3,(H2,10,12). The van der Waals surface area contributed by atoms with E-state index in [9.17, 15) is 0 Å². The van der Waals surface area contributed by atoms with Crippen molar-refractivity contribution in [2.75, 3.05) is 5.73 Å². The summed E-state index contributed by atoms with van der Waals surface area (Å²) in [5.41, 5.74) is 6.37. The summed E-state index contributed by atoms with van der Waals surface area (Å²) >= 11 is 0. The Hall–Kier alpha value is -1.84. The normalized spacial score (nSPS) is 10.2. The third kappa shape index (κ3) is 1.38. The van der Waals surface area contributed by atoms with Gasteiger partial charge in [-0.1, -0.05) is 6.07 Å². The van der Waals surface area contributed by atoms with Crippen molar-refractivity contribution in [3.8, 4) is 11.5 Å². The first-order valence-corrected chi connectivity index (χ1v) is 3.97. The fourth-order valence-electron chi connectivity index (χ4n) is 1.19. The van der Waals surface area contributed by atoms with Crippen molar-refractivity contribution in [2.24, 2.45) is 7.05 Å². The number of anilines is 1. The number of imidazole rings is 1. The molecule has 0 aliphatic rings. The molecule has 66 valence electrons. The van der Waals surface area contributed by atoms with Crippen LogP contribution in [0.15, 0.2) is 30.6 Å². The number of nitrogens with two attached hydrogens (primary N) is 1. The SMILES string of the molecule is Cn1ccnc1-c1cccc(N)n1. The highest BCUT2D eigenvalue weighted by atomic mass is 15.1. The molecular formula is C9H10N4. The second kappa shape index (κ2) is 2.90. The van der Waals surface area contributed by atoms with Gasteiger partial charge in [0.15, 0.2) is 5.82 Å². The van der Waals surface area contributed by atoms with E-state index in [4.69, 9.17) is 5.73 Å². The van der Waals surface area contributed by atoms with Gasteiger partial charge in [0, 0.05) is 19.4 Å². The Labute approximate surface area is 76.1 Å². The molecule has 0 aliphatic carbocycles. The van der Waals surface area contributed by atoms with E-state index in [0.29, 0.717) is 5.82 Å². The Bertz CT molecular complexity index is 419. The molecule has 2 rings (SSSR count). The van der Waals surface area contributed by atoms with Gasteiger partial charge in [0.1, 0.15) is 11.5 Å². The van der Waals surface area contributed by atoms with Gasteiger partial charge in [-0.3, -0.25) is 0 Å². The summed E-state index contributed by atoms with van der Waals surface area (Å²) in [6.07, 6.45) is 3.61. The highest BCUT2D eigenvalue weighted by Gasteiger charge is 2.03. The maximum Gasteiger partial charge on any atom is 0.158 e. The summed E-state index contributed by atoms with van der Waals surface area (Å²) in [6, 6.07) is 5.51. The van der Waals surface area contributed by atoms with Gasteiger partial charge in [0.2, 0.25) is 0 Å². The van der Waals surface area contributed by atoms with Crippen LogP contribution < -0.4 is 5.73 Å². The molecule has 2 aromatic heterocycles. The third-order valence-corrected chi connectivity index (χ3v) is 1.82. The second-order valence-corrected chi connectivity index (χ2v) is 2.81. The van der Waals surface area contributed by atoms with Crippen LogP contribution in [0.1, 0.15) is 0 Å². The first-order chi connectivity index (χ1) is 6.27. The van der Waals surface area contributed by atoms with Crippen LogP contribution >= 0.6 is 0 Å². The number of aryl methyl sites for hydroxylation is 1. The van der Waals surface area contributed by atoms with Gasteiger partial charge < -0.3 is 10.3 Å². The summed E-state index contributed by atoms with van der Waals surface area (Å²) in [4.78, 5) is 8.34. The lowest BCUT2D eigenvalue weighted by Crippen LogP contribution is -1.96. The molecule has 0 unspecified atom stereocenters. The molecule has 2 heterocycles. The summed E-state index contributed by atoms with van der Waals surface area (Å²) < 4.78 is 1.90. The van der Waals surface area contributed by atoms with Crippen LogP contribution in [0.2, 0.25) is 0 Å². The Morgan fingerprint density at radius 3 is 2.85 bits per heavy atom. The smallest absolute Gasteiger partial charge is 0.158 e. The van der Waals surface area contributed by atoms with Crippen molar-refractivity contribution in [1.82, 2.24) is 14.5 Å². The molecule has 2 N–H and O–H groups in total. The predicted molar refractivity (Wildman–Crippen MR) is 50.9 cm³/mol. The minimum Gasteiger partial charge on any atom is -0.384 e. The third-order valence-electron chi connectivity index (χ3n) is 1.82. The molecule has 13 heavy (non-hydrogen) atoms. The van der Waals surface area contributed by atoms with Crippen LogP contribution in [-0.4, -0.2) is 14.5 Å². The average molecular weight is 174 g/mol. The summed E-state index contributed by atoms with van der Waals surface area (Å²) in [5.74, 6) is 1.34. The summed E-state index contributed by atoms with van der Waals surface area (Å²) in [7, 11) is 1.92. The minimum absolute atomic E-state index is 0.514. The number of aromatic nitrogens is 3. The first-order valence-electron chi connectivity index (χ1n) is 3.97. The van der Waals surface area contributed by atoms with Gasteiger partial charge in [-0.2, -0.15) is 0 Å². The van der Waals surface area contributed by atoms with Gasteiger partial charge in [-0.05, 0) is 12.1 Å². The van der Waals surface area contributed by atoms with Crippen LogP contribution in [0.4, 0.5) is 5.82 Å². The van der Waals surface area contributed by atoms with Crippen LogP contribution in [-0.2, 0) is 7.05 Å². The van der Waals surface area contributed by atoms with E-state index in [1.165, 1.54) is 0 Å². The van der Waals surface area contributed by atoms with Crippen molar-refractivity contribution < 1.29 is 0 Å². The lowest BCUT2D eigenvalue weighted by atomic mass is 10.3. The average Bonchev–Trinajstić information content (AvgIpc) is 2.51. The fraction of sp³-hybridized carbons (Fsp3) is 0.111. The predicted octanol–water partition coefficient (Wildman–Crippen LogP) is 1.06. The van der Waals surface area contributed by atoms with Crippen LogP contribution in [0.5, 0.6) is 0 Å². The van der Waals surface area contributed by atoms with Gasteiger partial charge in [0.25, 0.3) is 0 Å². The number of rotatable bonds is 1. The number of nitrogen functional groups attached to an aromatic ring is 1. The second-order valence-electron chi connectivity index (χ2n) is 2.81. The van der Waals surface area contributed by atoms with Gasteiger partial charge in [0.05, 0.1) is 0 Å². The Kier molecular flexibility index (Phi) is 1.73. The number of nitrogens with zero attached hydrogens (tertiary/aromatic N) is 3. The molecule has 2 aromatic rings.